The molecule has 1 atom stereocenters. The van der Waals surface area contributed by atoms with Crippen molar-refractivity contribution >= 4 is 33.9 Å². The predicted octanol–water partition coefficient (Wildman–Crippen LogP) is 6.02. The second kappa shape index (κ2) is 9.33. The molecule has 1 saturated carbocycles. The Morgan fingerprint density at radius 3 is 2.56 bits per heavy atom. The summed E-state index contributed by atoms with van der Waals surface area (Å²) < 4.78 is 41.3. The molecule has 3 heterocycles. The van der Waals surface area contributed by atoms with Crippen LogP contribution in [0, 0.1) is 5.92 Å². The Balaban J connectivity index is 1.55. The Bertz CT molecular complexity index is 1710. The molecule has 3 aromatic heterocycles. The molecule has 2 N–H and O–H groups in total. The molecule has 0 aliphatic heterocycles. The summed E-state index contributed by atoms with van der Waals surface area (Å²) in [5, 5.41) is 13.9. The normalized spacial score (nSPS) is 14.6. The number of hydrogen-bond acceptors (Lipinski definition) is 6. The standard InChI is InChI=1S/C28H23F3N6O2/c1-15(17-6-7-17)33-23-22-24(35-25(34-23)27(38)39)36-26(19-8-11-21-18(13-19)3-2-12-32-21)37(22)14-16-4-9-20(10-5-16)28(29,30)31/h2-5,8-13,15,17H,6-7,14H2,1H3,(H,38,39)(H,33,34,35)/t15-/m1/s1. The molecule has 0 radical (unpaired) electrons. The maximum absolute atomic E-state index is 13.2. The number of rotatable bonds is 7. The van der Waals surface area contributed by atoms with Crippen LogP contribution in [0.2, 0.25) is 0 Å². The maximum Gasteiger partial charge on any atom is 0.416 e. The first-order valence-corrected chi connectivity index (χ1v) is 12.5. The third-order valence-electron chi connectivity index (χ3n) is 6.97. The zero-order chi connectivity index (χ0) is 27.3. The molecule has 1 fully saturated rings. The van der Waals surface area contributed by atoms with Gasteiger partial charge in [-0.2, -0.15) is 13.2 Å². The third-order valence-corrected chi connectivity index (χ3v) is 6.97. The number of benzene rings is 2. The molecular formula is C28H23F3N6O2. The first-order chi connectivity index (χ1) is 18.7. The molecule has 2 aromatic carbocycles. The van der Waals surface area contributed by atoms with Gasteiger partial charge in [-0.05, 0) is 67.6 Å². The number of nitrogens with one attached hydrogen (secondary N) is 1. The number of hydrogen-bond donors (Lipinski definition) is 2. The number of halogens is 3. The Morgan fingerprint density at radius 2 is 1.87 bits per heavy atom. The molecule has 0 bridgehead atoms. The average molecular weight is 533 g/mol. The van der Waals surface area contributed by atoms with Crippen molar-refractivity contribution in [1.29, 1.82) is 0 Å². The van der Waals surface area contributed by atoms with Crippen molar-refractivity contribution in [2.75, 3.05) is 5.32 Å². The van der Waals surface area contributed by atoms with Crippen molar-refractivity contribution in [1.82, 2.24) is 24.5 Å². The summed E-state index contributed by atoms with van der Waals surface area (Å²) in [6, 6.07) is 14.3. The highest BCUT2D eigenvalue weighted by Gasteiger charge is 2.31. The molecule has 39 heavy (non-hydrogen) atoms. The minimum atomic E-state index is -4.44. The number of imidazole rings is 1. The summed E-state index contributed by atoms with van der Waals surface area (Å²) in [4.78, 5) is 29.5. The number of carbonyl (C=O) groups is 1. The Labute approximate surface area is 220 Å². The van der Waals surface area contributed by atoms with E-state index in [1.54, 1.807) is 6.20 Å². The van der Waals surface area contributed by atoms with Crippen LogP contribution in [0.15, 0.2) is 60.8 Å². The summed E-state index contributed by atoms with van der Waals surface area (Å²) in [5.41, 5.74) is 2.04. The molecule has 1 aliphatic rings. The largest absolute Gasteiger partial charge is 0.475 e. The van der Waals surface area contributed by atoms with Gasteiger partial charge in [0.2, 0.25) is 5.82 Å². The van der Waals surface area contributed by atoms with Gasteiger partial charge >= 0.3 is 12.1 Å². The van der Waals surface area contributed by atoms with Gasteiger partial charge in [-0.15, -0.1) is 0 Å². The summed E-state index contributed by atoms with van der Waals surface area (Å²) in [6.45, 7) is 2.18. The molecule has 1 aliphatic carbocycles. The van der Waals surface area contributed by atoms with E-state index in [0.717, 1.165) is 41.4 Å². The summed E-state index contributed by atoms with van der Waals surface area (Å²) in [7, 11) is 0. The zero-order valence-corrected chi connectivity index (χ0v) is 20.8. The van der Waals surface area contributed by atoms with Crippen LogP contribution >= 0.6 is 0 Å². The van der Waals surface area contributed by atoms with Crippen LogP contribution in [-0.2, 0) is 12.7 Å². The molecule has 0 spiro atoms. The number of alkyl halides is 3. The van der Waals surface area contributed by atoms with Gasteiger partial charge in [-0.25, -0.2) is 19.7 Å². The minimum absolute atomic E-state index is 0.0364. The first-order valence-electron chi connectivity index (χ1n) is 12.5. The van der Waals surface area contributed by atoms with E-state index >= 15 is 0 Å². The SMILES string of the molecule is C[C@@H](Nc1nc(C(=O)O)nc2nc(-c3ccc4ncccc4c3)n(Cc3ccc(C(F)(F)F)cc3)c12)C1CC1. The highest BCUT2D eigenvalue weighted by atomic mass is 19.4. The van der Waals surface area contributed by atoms with Crippen molar-refractivity contribution in [2.45, 2.75) is 38.5 Å². The van der Waals surface area contributed by atoms with Gasteiger partial charge in [0.15, 0.2) is 11.5 Å². The van der Waals surface area contributed by atoms with E-state index < -0.39 is 17.7 Å². The second-order valence-electron chi connectivity index (χ2n) is 9.77. The molecule has 0 unspecified atom stereocenters. The number of carboxylic acid groups (broad SMARTS) is 1. The number of aromatic nitrogens is 5. The van der Waals surface area contributed by atoms with Crippen molar-refractivity contribution < 1.29 is 23.1 Å². The number of nitrogens with zero attached hydrogens (tertiary/aromatic N) is 5. The third kappa shape index (κ3) is 4.87. The Hall–Kier alpha value is -4.54. The topological polar surface area (TPSA) is 106 Å². The van der Waals surface area contributed by atoms with Gasteiger partial charge in [0.25, 0.3) is 0 Å². The number of pyridine rings is 1. The van der Waals surface area contributed by atoms with E-state index in [4.69, 9.17) is 4.98 Å². The quantitative estimate of drug-likeness (QED) is 0.264. The highest BCUT2D eigenvalue weighted by molar-refractivity contribution is 5.93. The summed E-state index contributed by atoms with van der Waals surface area (Å²) >= 11 is 0. The highest BCUT2D eigenvalue weighted by Crippen LogP contribution is 2.36. The van der Waals surface area contributed by atoms with Crippen molar-refractivity contribution in [3.63, 3.8) is 0 Å². The molecular weight excluding hydrogens is 509 g/mol. The van der Waals surface area contributed by atoms with E-state index in [9.17, 15) is 23.1 Å². The monoisotopic (exact) mass is 532 g/mol. The van der Waals surface area contributed by atoms with Crippen molar-refractivity contribution in [3.05, 3.63) is 77.7 Å². The lowest BCUT2D eigenvalue weighted by molar-refractivity contribution is -0.137. The molecule has 5 aromatic rings. The minimum Gasteiger partial charge on any atom is -0.475 e. The molecule has 0 saturated heterocycles. The van der Waals surface area contributed by atoms with E-state index in [-0.39, 0.29) is 24.1 Å². The fraction of sp³-hybridized carbons (Fsp3) is 0.250. The van der Waals surface area contributed by atoms with Gasteiger partial charge < -0.3 is 15.0 Å². The molecule has 0 amide bonds. The van der Waals surface area contributed by atoms with Gasteiger partial charge in [0.1, 0.15) is 11.3 Å². The number of aromatic carboxylic acids is 1. The van der Waals surface area contributed by atoms with Crippen LogP contribution in [0.5, 0.6) is 0 Å². The summed E-state index contributed by atoms with van der Waals surface area (Å²) in [5.74, 6) is -0.419. The lowest BCUT2D eigenvalue weighted by atomic mass is 10.1. The van der Waals surface area contributed by atoms with Crippen LogP contribution in [0.25, 0.3) is 33.5 Å². The number of carboxylic acids is 1. The van der Waals surface area contributed by atoms with Crippen LogP contribution in [0.1, 0.15) is 41.5 Å². The lowest BCUT2D eigenvalue weighted by Gasteiger charge is -2.17. The average Bonchev–Trinajstić information content (AvgIpc) is 3.70. The second-order valence-corrected chi connectivity index (χ2v) is 9.77. The Morgan fingerprint density at radius 1 is 1.10 bits per heavy atom. The fourth-order valence-electron chi connectivity index (χ4n) is 4.73. The van der Waals surface area contributed by atoms with E-state index in [1.165, 1.54) is 12.1 Å². The van der Waals surface area contributed by atoms with Gasteiger partial charge in [-0.3, -0.25) is 4.98 Å². The molecule has 11 heteroatoms. The summed E-state index contributed by atoms with van der Waals surface area (Å²) in [6.07, 6.45) is -0.615. The van der Waals surface area contributed by atoms with Crippen molar-refractivity contribution in [2.24, 2.45) is 5.92 Å². The number of anilines is 1. The van der Waals surface area contributed by atoms with Crippen LogP contribution in [0.3, 0.4) is 0 Å². The maximum atomic E-state index is 13.2. The van der Waals surface area contributed by atoms with Gasteiger partial charge in [-0.1, -0.05) is 18.2 Å². The molecule has 198 valence electrons. The van der Waals surface area contributed by atoms with E-state index in [0.29, 0.717) is 28.6 Å². The van der Waals surface area contributed by atoms with Crippen LogP contribution in [-0.4, -0.2) is 41.6 Å². The smallest absolute Gasteiger partial charge is 0.416 e. The molecule has 8 nitrogen and oxygen atoms in total. The van der Waals surface area contributed by atoms with Crippen LogP contribution < -0.4 is 5.32 Å². The predicted molar refractivity (Wildman–Crippen MR) is 139 cm³/mol. The fourth-order valence-corrected chi connectivity index (χ4v) is 4.73. The lowest BCUT2D eigenvalue weighted by Crippen LogP contribution is -2.20. The molecule has 6 rings (SSSR count). The van der Waals surface area contributed by atoms with Gasteiger partial charge in [0, 0.05) is 29.7 Å². The van der Waals surface area contributed by atoms with E-state index in [1.807, 2.05) is 41.8 Å². The number of fused-ring (bicyclic) bond motifs is 2. The zero-order valence-electron chi connectivity index (χ0n) is 20.8. The van der Waals surface area contributed by atoms with Gasteiger partial charge in [0.05, 0.1) is 11.1 Å². The van der Waals surface area contributed by atoms with Crippen LogP contribution in [0.4, 0.5) is 19.0 Å². The van der Waals surface area contributed by atoms with Crippen molar-refractivity contribution in [3.8, 4) is 11.4 Å². The first kappa shape index (κ1) is 24.8. The Kier molecular flexibility index (Phi) is 5.93. The van der Waals surface area contributed by atoms with E-state index in [2.05, 4.69) is 20.3 Å².